The highest BCUT2D eigenvalue weighted by Crippen LogP contribution is 2.33. The van der Waals surface area contributed by atoms with Crippen LogP contribution in [0.1, 0.15) is 38.7 Å². The molecule has 0 spiro atoms. The van der Waals surface area contributed by atoms with Crippen LogP contribution in [0.25, 0.3) is 0 Å². The first-order valence-electron chi connectivity index (χ1n) is 7.70. The van der Waals surface area contributed by atoms with Gasteiger partial charge in [-0.05, 0) is 43.8 Å². The maximum atomic E-state index is 12.8. The molecular weight excluding hydrogens is 248 g/mol. The van der Waals surface area contributed by atoms with Gasteiger partial charge in [-0.3, -0.25) is 4.79 Å². The molecule has 1 aromatic rings. The van der Waals surface area contributed by atoms with E-state index in [1.165, 1.54) is 0 Å². The summed E-state index contributed by atoms with van der Waals surface area (Å²) in [7, 11) is 0. The van der Waals surface area contributed by atoms with Gasteiger partial charge in [0.15, 0.2) is 0 Å². The zero-order chi connectivity index (χ0) is 14.4. The molecule has 0 bridgehead atoms. The van der Waals surface area contributed by atoms with Crippen molar-refractivity contribution in [2.24, 2.45) is 5.92 Å². The van der Waals surface area contributed by atoms with Gasteiger partial charge in [0.25, 0.3) is 0 Å². The van der Waals surface area contributed by atoms with E-state index in [-0.39, 0.29) is 11.3 Å². The van der Waals surface area contributed by atoms with Crippen LogP contribution in [0.5, 0.6) is 0 Å². The molecule has 1 heterocycles. The molecule has 0 aromatic heterocycles. The van der Waals surface area contributed by atoms with E-state index in [1.807, 2.05) is 18.2 Å². The number of benzene rings is 1. The Kier molecular flexibility index (Phi) is 5.18. The molecule has 0 unspecified atom stereocenters. The molecule has 1 aromatic carbocycles. The fraction of sp³-hybridized carbons (Fsp3) is 0.588. The first-order chi connectivity index (χ1) is 9.65. The highest BCUT2D eigenvalue weighted by Gasteiger charge is 2.40. The second-order valence-electron chi connectivity index (χ2n) is 6.14. The van der Waals surface area contributed by atoms with Crippen molar-refractivity contribution in [1.29, 1.82) is 0 Å². The Morgan fingerprint density at radius 1 is 1.25 bits per heavy atom. The Morgan fingerprint density at radius 3 is 2.50 bits per heavy atom. The van der Waals surface area contributed by atoms with Crippen LogP contribution in [0.2, 0.25) is 0 Å². The predicted molar refractivity (Wildman–Crippen MR) is 82.7 cm³/mol. The number of nitrogens with one attached hydrogen (secondary N) is 2. The fourth-order valence-electron chi connectivity index (χ4n) is 2.90. The minimum absolute atomic E-state index is 0.200. The fourth-order valence-corrected chi connectivity index (χ4v) is 2.90. The van der Waals surface area contributed by atoms with Crippen LogP contribution in [-0.2, 0) is 10.2 Å². The Morgan fingerprint density at radius 2 is 1.90 bits per heavy atom. The van der Waals surface area contributed by atoms with E-state index in [2.05, 4.69) is 36.6 Å². The summed E-state index contributed by atoms with van der Waals surface area (Å²) in [4.78, 5) is 12.8. The zero-order valence-corrected chi connectivity index (χ0v) is 12.6. The van der Waals surface area contributed by atoms with Gasteiger partial charge >= 0.3 is 0 Å². The molecule has 1 aliphatic heterocycles. The molecule has 2 rings (SSSR count). The van der Waals surface area contributed by atoms with Gasteiger partial charge in [0, 0.05) is 6.54 Å². The van der Waals surface area contributed by atoms with Gasteiger partial charge in [0.1, 0.15) is 0 Å². The van der Waals surface area contributed by atoms with Crippen molar-refractivity contribution in [2.75, 3.05) is 19.6 Å². The molecule has 2 N–H and O–H groups in total. The van der Waals surface area contributed by atoms with Crippen molar-refractivity contribution < 1.29 is 4.79 Å². The average Bonchev–Trinajstić information content (AvgIpc) is 2.48. The first kappa shape index (κ1) is 15.0. The standard InChI is InChI=1S/C17H26N2O/c1-14(2)8-11-19-16(20)17(9-12-18-13-10-17)15-6-4-3-5-7-15/h3-7,14,18H,8-13H2,1-2H3,(H,19,20). The van der Waals surface area contributed by atoms with Crippen molar-refractivity contribution in [3.8, 4) is 0 Å². The maximum Gasteiger partial charge on any atom is 0.230 e. The van der Waals surface area contributed by atoms with E-state index >= 15 is 0 Å². The lowest BCUT2D eigenvalue weighted by molar-refractivity contribution is -0.127. The van der Waals surface area contributed by atoms with Gasteiger partial charge in [0.05, 0.1) is 5.41 Å². The second-order valence-corrected chi connectivity index (χ2v) is 6.14. The van der Waals surface area contributed by atoms with E-state index in [0.717, 1.165) is 44.5 Å². The number of amides is 1. The Labute approximate surface area is 122 Å². The van der Waals surface area contributed by atoms with Crippen molar-refractivity contribution in [1.82, 2.24) is 10.6 Å². The molecule has 0 aliphatic carbocycles. The Bertz CT molecular complexity index is 422. The molecule has 0 saturated carbocycles. The Hall–Kier alpha value is -1.35. The highest BCUT2D eigenvalue weighted by molar-refractivity contribution is 5.88. The normalized spacial score (nSPS) is 17.9. The van der Waals surface area contributed by atoms with Crippen LogP contribution in [-0.4, -0.2) is 25.5 Å². The summed E-state index contributed by atoms with van der Waals surface area (Å²) in [5.74, 6) is 0.821. The lowest BCUT2D eigenvalue weighted by Crippen LogP contribution is -2.51. The van der Waals surface area contributed by atoms with Crippen LogP contribution in [0, 0.1) is 5.92 Å². The van der Waals surface area contributed by atoms with Crippen molar-refractivity contribution in [2.45, 2.75) is 38.5 Å². The predicted octanol–water partition coefficient (Wildman–Crippen LogP) is 2.47. The molecule has 0 atom stereocenters. The molecule has 20 heavy (non-hydrogen) atoms. The smallest absolute Gasteiger partial charge is 0.230 e. The second kappa shape index (κ2) is 6.89. The third-order valence-corrected chi connectivity index (χ3v) is 4.23. The van der Waals surface area contributed by atoms with Gasteiger partial charge in [0.2, 0.25) is 5.91 Å². The molecular formula is C17H26N2O. The van der Waals surface area contributed by atoms with Gasteiger partial charge in [-0.15, -0.1) is 0 Å². The van der Waals surface area contributed by atoms with E-state index in [1.54, 1.807) is 0 Å². The molecule has 1 fully saturated rings. The van der Waals surface area contributed by atoms with Crippen molar-refractivity contribution >= 4 is 5.91 Å². The molecule has 110 valence electrons. The highest BCUT2D eigenvalue weighted by atomic mass is 16.2. The third-order valence-electron chi connectivity index (χ3n) is 4.23. The minimum Gasteiger partial charge on any atom is -0.355 e. The number of hydrogen-bond acceptors (Lipinski definition) is 2. The summed E-state index contributed by atoms with van der Waals surface area (Å²) in [5.41, 5.74) is 0.812. The van der Waals surface area contributed by atoms with E-state index < -0.39 is 0 Å². The SMILES string of the molecule is CC(C)CCNC(=O)C1(c2ccccc2)CCNCC1. The first-order valence-corrected chi connectivity index (χ1v) is 7.70. The lowest BCUT2D eigenvalue weighted by atomic mass is 9.72. The van der Waals surface area contributed by atoms with Crippen LogP contribution < -0.4 is 10.6 Å². The van der Waals surface area contributed by atoms with E-state index in [0.29, 0.717) is 5.92 Å². The molecule has 1 amide bonds. The molecule has 0 radical (unpaired) electrons. The van der Waals surface area contributed by atoms with Gasteiger partial charge in [-0.25, -0.2) is 0 Å². The lowest BCUT2D eigenvalue weighted by Gasteiger charge is -2.36. The Balaban J connectivity index is 2.13. The monoisotopic (exact) mass is 274 g/mol. The van der Waals surface area contributed by atoms with E-state index in [4.69, 9.17) is 0 Å². The van der Waals surface area contributed by atoms with Crippen LogP contribution in [0.15, 0.2) is 30.3 Å². The minimum atomic E-state index is -0.344. The molecule has 1 saturated heterocycles. The van der Waals surface area contributed by atoms with Crippen molar-refractivity contribution in [3.05, 3.63) is 35.9 Å². The van der Waals surface area contributed by atoms with Gasteiger partial charge in [-0.2, -0.15) is 0 Å². The van der Waals surface area contributed by atoms with E-state index in [9.17, 15) is 4.79 Å². The number of hydrogen-bond donors (Lipinski definition) is 2. The largest absolute Gasteiger partial charge is 0.355 e. The van der Waals surface area contributed by atoms with Crippen LogP contribution >= 0.6 is 0 Å². The summed E-state index contributed by atoms with van der Waals surface area (Å²) in [6.45, 7) is 6.96. The topological polar surface area (TPSA) is 41.1 Å². The number of piperidine rings is 1. The van der Waals surface area contributed by atoms with Gasteiger partial charge in [-0.1, -0.05) is 44.2 Å². The van der Waals surface area contributed by atoms with Crippen LogP contribution in [0.4, 0.5) is 0 Å². The van der Waals surface area contributed by atoms with Gasteiger partial charge < -0.3 is 10.6 Å². The zero-order valence-electron chi connectivity index (χ0n) is 12.6. The summed E-state index contributed by atoms with van der Waals surface area (Å²) >= 11 is 0. The maximum absolute atomic E-state index is 12.8. The average molecular weight is 274 g/mol. The number of carbonyl (C=O) groups excluding carboxylic acids is 1. The molecule has 3 nitrogen and oxygen atoms in total. The molecule has 1 aliphatic rings. The summed E-state index contributed by atoms with van der Waals surface area (Å²) < 4.78 is 0. The number of carbonyl (C=O) groups is 1. The summed E-state index contributed by atoms with van der Waals surface area (Å²) in [6, 6.07) is 10.2. The number of rotatable bonds is 5. The van der Waals surface area contributed by atoms with Crippen molar-refractivity contribution in [3.63, 3.8) is 0 Å². The summed E-state index contributed by atoms with van der Waals surface area (Å²) in [6.07, 6.45) is 2.80. The quantitative estimate of drug-likeness (QED) is 0.866. The third kappa shape index (κ3) is 3.40. The summed E-state index contributed by atoms with van der Waals surface area (Å²) in [5, 5.41) is 6.51. The van der Waals surface area contributed by atoms with Crippen LogP contribution in [0.3, 0.4) is 0 Å². The molecule has 3 heteroatoms.